The van der Waals surface area contributed by atoms with E-state index >= 15 is 0 Å². The summed E-state index contributed by atoms with van der Waals surface area (Å²) < 4.78 is 37.8. The molecule has 2 aromatic carbocycles. The van der Waals surface area contributed by atoms with Gasteiger partial charge in [-0.2, -0.15) is 13.2 Å². The van der Waals surface area contributed by atoms with E-state index < -0.39 is 23.6 Å². The lowest BCUT2D eigenvalue weighted by Crippen LogP contribution is -2.41. The molecule has 0 atom stereocenters. The molecule has 0 heterocycles. The smallest absolute Gasteiger partial charge is 0.355 e. The minimum atomic E-state index is -4.42. The first kappa shape index (κ1) is 27.4. The Kier molecular flexibility index (Phi) is 13.2. The summed E-state index contributed by atoms with van der Waals surface area (Å²) in [6, 6.07) is 10.8. The minimum absolute atomic E-state index is 0.0474. The van der Waals surface area contributed by atoms with Crippen LogP contribution < -0.4 is 16.2 Å². The number of amides is 2. The predicted molar refractivity (Wildman–Crippen MR) is 123 cm³/mol. The van der Waals surface area contributed by atoms with Gasteiger partial charge < -0.3 is 5.32 Å². The Morgan fingerprint density at radius 2 is 1.57 bits per heavy atom. The molecule has 2 amide bonds. The van der Waals surface area contributed by atoms with Crippen LogP contribution in [0.1, 0.15) is 36.2 Å². The molecular weight excluding hydrogens is 510 g/mol. The number of halogens is 4. The van der Waals surface area contributed by atoms with E-state index in [0.717, 1.165) is 12.1 Å². The predicted octanol–water partition coefficient (Wildman–Crippen LogP) is 5.86. The second-order valence-electron chi connectivity index (χ2n) is 5.24. The van der Waals surface area contributed by atoms with Gasteiger partial charge in [0, 0.05) is 12.1 Å². The number of hydrogen-bond donors (Lipinski definition) is 3. The summed E-state index contributed by atoms with van der Waals surface area (Å²) >= 11 is 2.15. The molecule has 0 saturated carbocycles. The highest BCUT2D eigenvalue weighted by atomic mass is 127. The molecule has 0 spiro atoms. The number of hydrazine groups is 1. The van der Waals surface area contributed by atoms with E-state index in [2.05, 4.69) is 45.3 Å². The number of para-hydroxylation sites is 1. The standard InChI is InChI=1S/C18H16F3N3O2.C2H6.CH3I/c1-2-5-16(25)23-24-17(26)14-6-3-4-7-15(14)22-13-10-8-12(9-11-13)18(19,20)21;2*1-2/h2-4,6-11,22H,1,5H2,(H,23,25)(H,24,26);1-2H3;1H3. The van der Waals surface area contributed by atoms with Crippen molar-refractivity contribution in [2.24, 2.45) is 0 Å². The molecule has 2 rings (SSSR count). The normalized spacial score (nSPS) is 9.70. The molecule has 0 fully saturated rings. The Labute approximate surface area is 188 Å². The molecule has 9 heteroatoms. The highest BCUT2D eigenvalue weighted by Crippen LogP contribution is 2.30. The molecule has 0 aliphatic rings. The van der Waals surface area contributed by atoms with E-state index in [9.17, 15) is 22.8 Å². The number of rotatable bonds is 5. The van der Waals surface area contributed by atoms with Crippen molar-refractivity contribution >= 4 is 45.8 Å². The van der Waals surface area contributed by atoms with Crippen LogP contribution in [-0.2, 0) is 11.0 Å². The number of benzene rings is 2. The van der Waals surface area contributed by atoms with Crippen molar-refractivity contribution in [3.8, 4) is 0 Å². The molecule has 5 nitrogen and oxygen atoms in total. The van der Waals surface area contributed by atoms with Gasteiger partial charge in [-0.1, -0.05) is 54.6 Å². The monoisotopic (exact) mass is 535 g/mol. The second kappa shape index (κ2) is 14.4. The fourth-order valence-electron chi connectivity index (χ4n) is 2.06. The van der Waals surface area contributed by atoms with Gasteiger partial charge in [-0.05, 0) is 41.3 Å². The average molecular weight is 535 g/mol. The van der Waals surface area contributed by atoms with Crippen LogP contribution in [-0.4, -0.2) is 16.7 Å². The van der Waals surface area contributed by atoms with Crippen LogP contribution in [0.2, 0.25) is 0 Å². The highest BCUT2D eigenvalue weighted by Gasteiger charge is 2.29. The Hall–Kier alpha value is -2.56. The van der Waals surface area contributed by atoms with Gasteiger partial charge in [-0.15, -0.1) is 6.58 Å². The lowest BCUT2D eigenvalue weighted by atomic mass is 10.1. The summed E-state index contributed by atoms with van der Waals surface area (Å²) in [5.41, 5.74) is 4.71. The maximum atomic E-state index is 12.6. The third kappa shape index (κ3) is 9.29. The average Bonchev–Trinajstić information content (AvgIpc) is 2.75. The summed E-state index contributed by atoms with van der Waals surface area (Å²) in [7, 11) is 0. The van der Waals surface area contributed by atoms with Crippen molar-refractivity contribution in [3.05, 3.63) is 72.3 Å². The van der Waals surface area contributed by atoms with Gasteiger partial charge in [0.15, 0.2) is 0 Å². The molecule has 0 aromatic heterocycles. The zero-order chi connectivity index (χ0) is 23.2. The Morgan fingerprint density at radius 1 is 1.00 bits per heavy atom. The summed E-state index contributed by atoms with van der Waals surface area (Å²) in [5.74, 6) is -1.00. The Balaban J connectivity index is 0.00000198. The van der Waals surface area contributed by atoms with Crippen LogP contribution in [0.25, 0.3) is 0 Å². The number of hydrogen-bond acceptors (Lipinski definition) is 3. The van der Waals surface area contributed by atoms with Crippen molar-refractivity contribution in [2.45, 2.75) is 26.4 Å². The number of anilines is 2. The minimum Gasteiger partial charge on any atom is -0.355 e. The maximum absolute atomic E-state index is 12.6. The van der Waals surface area contributed by atoms with E-state index in [1.807, 2.05) is 18.8 Å². The van der Waals surface area contributed by atoms with E-state index in [0.29, 0.717) is 11.4 Å². The topological polar surface area (TPSA) is 70.2 Å². The van der Waals surface area contributed by atoms with Crippen LogP contribution in [0.3, 0.4) is 0 Å². The first-order valence-electron chi connectivity index (χ1n) is 8.92. The molecular formula is C21H25F3IN3O2. The molecule has 164 valence electrons. The maximum Gasteiger partial charge on any atom is 0.416 e. The molecule has 0 saturated heterocycles. The van der Waals surface area contributed by atoms with Crippen LogP contribution in [0.5, 0.6) is 0 Å². The molecule has 0 aliphatic carbocycles. The first-order valence-corrected chi connectivity index (χ1v) is 11.1. The second-order valence-corrected chi connectivity index (χ2v) is 5.24. The van der Waals surface area contributed by atoms with Crippen LogP contribution >= 0.6 is 22.6 Å². The number of carbonyl (C=O) groups is 2. The van der Waals surface area contributed by atoms with E-state index in [-0.39, 0.29) is 12.0 Å². The Morgan fingerprint density at radius 3 is 2.10 bits per heavy atom. The van der Waals surface area contributed by atoms with E-state index in [1.54, 1.807) is 18.2 Å². The van der Waals surface area contributed by atoms with Crippen molar-refractivity contribution < 1.29 is 22.8 Å². The summed E-state index contributed by atoms with van der Waals surface area (Å²) in [6.45, 7) is 7.41. The third-order valence-corrected chi connectivity index (χ3v) is 3.31. The summed E-state index contributed by atoms with van der Waals surface area (Å²) in [6.07, 6.45) is -2.98. The fourth-order valence-corrected chi connectivity index (χ4v) is 2.06. The number of nitrogens with one attached hydrogen (secondary N) is 3. The molecule has 0 unspecified atom stereocenters. The molecule has 2 aromatic rings. The van der Waals surface area contributed by atoms with Crippen LogP contribution in [0, 0.1) is 0 Å². The van der Waals surface area contributed by atoms with E-state index in [1.165, 1.54) is 24.3 Å². The van der Waals surface area contributed by atoms with Gasteiger partial charge in [-0.3, -0.25) is 20.4 Å². The van der Waals surface area contributed by atoms with Crippen molar-refractivity contribution in [1.82, 2.24) is 10.9 Å². The van der Waals surface area contributed by atoms with Gasteiger partial charge in [0.2, 0.25) is 5.91 Å². The van der Waals surface area contributed by atoms with Crippen molar-refractivity contribution in [1.29, 1.82) is 0 Å². The highest BCUT2D eigenvalue weighted by molar-refractivity contribution is 14.1. The molecule has 3 N–H and O–H groups in total. The summed E-state index contributed by atoms with van der Waals surface area (Å²) in [4.78, 5) is 25.5. The molecule has 0 aliphatic heterocycles. The lowest BCUT2D eigenvalue weighted by Gasteiger charge is -2.13. The molecule has 0 radical (unpaired) electrons. The van der Waals surface area contributed by atoms with Gasteiger partial charge in [-0.25, -0.2) is 0 Å². The zero-order valence-corrected chi connectivity index (χ0v) is 19.1. The third-order valence-electron chi connectivity index (χ3n) is 3.31. The number of alkyl halides is 4. The lowest BCUT2D eigenvalue weighted by molar-refractivity contribution is -0.137. The largest absolute Gasteiger partial charge is 0.416 e. The van der Waals surface area contributed by atoms with E-state index in [4.69, 9.17) is 0 Å². The molecule has 0 bridgehead atoms. The Bertz CT molecular complexity index is 810. The first-order chi connectivity index (χ1) is 14.3. The quantitative estimate of drug-likeness (QED) is 0.194. The van der Waals surface area contributed by atoms with Crippen molar-refractivity contribution in [3.63, 3.8) is 0 Å². The van der Waals surface area contributed by atoms with Gasteiger partial charge in [0.05, 0.1) is 16.8 Å². The SMILES string of the molecule is C=CCC(=O)NNC(=O)c1ccccc1Nc1ccc(C(F)(F)F)cc1.CC.CI. The van der Waals surface area contributed by atoms with Gasteiger partial charge >= 0.3 is 6.18 Å². The van der Waals surface area contributed by atoms with Crippen LogP contribution in [0.15, 0.2) is 61.2 Å². The molecule has 30 heavy (non-hydrogen) atoms. The van der Waals surface area contributed by atoms with Crippen LogP contribution in [0.4, 0.5) is 24.5 Å². The van der Waals surface area contributed by atoms with Gasteiger partial charge in [0.25, 0.3) is 5.91 Å². The zero-order valence-electron chi connectivity index (χ0n) is 16.9. The number of carbonyl (C=O) groups excluding carboxylic acids is 2. The van der Waals surface area contributed by atoms with Crippen molar-refractivity contribution in [2.75, 3.05) is 10.2 Å². The summed E-state index contributed by atoms with van der Waals surface area (Å²) in [5, 5.41) is 2.89. The fraction of sp³-hybridized carbons (Fsp3) is 0.238. The van der Waals surface area contributed by atoms with Gasteiger partial charge in [0.1, 0.15) is 0 Å².